The lowest BCUT2D eigenvalue weighted by Crippen LogP contribution is -2.69. The average Bonchev–Trinajstić information content (AvgIpc) is 3.38. The number of cyclic esters (lactones) is 1. The summed E-state index contributed by atoms with van der Waals surface area (Å²) in [7, 11) is 0. The second-order valence-electron chi connectivity index (χ2n) is 12.3. The van der Waals surface area contributed by atoms with E-state index in [1.165, 1.54) is 0 Å². The van der Waals surface area contributed by atoms with Crippen molar-refractivity contribution in [1.82, 2.24) is 5.01 Å². The summed E-state index contributed by atoms with van der Waals surface area (Å²) in [6.07, 6.45) is 9.48. The number of carbonyl (C=O) groups is 1. The summed E-state index contributed by atoms with van der Waals surface area (Å²) in [6.45, 7) is 5.34. The van der Waals surface area contributed by atoms with Crippen LogP contribution in [0.4, 0.5) is 0 Å². The Bertz CT molecular complexity index is 933. The van der Waals surface area contributed by atoms with Crippen LogP contribution < -0.4 is 0 Å². The van der Waals surface area contributed by atoms with E-state index >= 15 is 0 Å². The predicted octanol–water partition coefficient (Wildman–Crippen LogP) is 2.02. The lowest BCUT2D eigenvalue weighted by atomic mass is 9.41. The molecule has 194 valence electrons. The van der Waals surface area contributed by atoms with Gasteiger partial charge in [0.05, 0.1) is 43.6 Å². The van der Waals surface area contributed by atoms with Crippen LogP contribution in [-0.4, -0.2) is 82.7 Å². The van der Waals surface area contributed by atoms with E-state index in [1.807, 2.05) is 11.2 Å². The fourth-order valence-corrected chi connectivity index (χ4v) is 9.21. The molecule has 8 nitrogen and oxygen atoms in total. The number of rotatable bonds is 3. The number of fused-ring (bicyclic) bond motifs is 5. The summed E-state index contributed by atoms with van der Waals surface area (Å²) in [4.78, 5) is 11.8. The summed E-state index contributed by atoms with van der Waals surface area (Å²) in [5.74, 6) is 0.0312. The maximum absolute atomic E-state index is 12.5. The molecule has 6 rings (SSSR count). The summed E-state index contributed by atoms with van der Waals surface area (Å²) < 4.78 is 10.7. The highest BCUT2D eigenvalue weighted by Crippen LogP contribution is 2.70. The zero-order valence-electron chi connectivity index (χ0n) is 20.8. The van der Waals surface area contributed by atoms with Gasteiger partial charge in [-0.25, -0.2) is 4.79 Å². The van der Waals surface area contributed by atoms with Crippen LogP contribution >= 0.6 is 0 Å². The molecule has 0 aromatic carbocycles. The van der Waals surface area contributed by atoms with Crippen LogP contribution in [0.3, 0.4) is 0 Å². The molecule has 4 saturated carbocycles. The SMILES string of the molecule is C[C@]12CC[C@H]3C(CCC4(O)CC(O)CC[C@]34/C=N/N3CCOCC3)C1(O)CCC2C1=CC(=O)OC1. The first-order valence-corrected chi connectivity index (χ1v) is 13.6. The number of ether oxygens (including phenoxy) is 2. The number of morpholine rings is 1. The first-order valence-electron chi connectivity index (χ1n) is 13.6. The minimum Gasteiger partial charge on any atom is -0.458 e. The molecular weight excluding hydrogens is 448 g/mol. The number of esters is 1. The normalized spacial score (nSPS) is 49.9. The van der Waals surface area contributed by atoms with Crippen LogP contribution in [0.25, 0.3) is 0 Å². The first kappa shape index (κ1) is 23.9. The minimum absolute atomic E-state index is 0.0523. The number of hydrogen-bond acceptors (Lipinski definition) is 8. The van der Waals surface area contributed by atoms with Crippen molar-refractivity contribution in [3.63, 3.8) is 0 Å². The van der Waals surface area contributed by atoms with Gasteiger partial charge in [-0.15, -0.1) is 0 Å². The number of aliphatic hydroxyl groups is 3. The molecule has 0 spiro atoms. The van der Waals surface area contributed by atoms with Crippen molar-refractivity contribution in [2.45, 2.75) is 82.0 Å². The quantitative estimate of drug-likeness (QED) is 0.412. The van der Waals surface area contributed by atoms with Gasteiger partial charge in [0.25, 0.3) is 0 Å². The largest absolute Gasteiger partial charge is 0.458 e. The summed E-state index contributed by atoms with van der Waals surface area (Å²) >= 11 is 0. The summed E-state index contributed by atoms with van der Waals surface area (Å²) in [6, 6.07) is 0. The zero-order chi connectivity index (χ0) is 24.5. The van der Waals surface area contributed by atoms with Crippen LogP contribution in [0.1, 0.15) is 64.7 Å². The Kier molecular flexibility index (Phi) is 5.64. The van der Waals surface area contributed by atoms with Gasteiger partial charge in [-0.05, 0) is 74.7 Å². The monoisotopic (exact) mass is 488 g/mol. The Morgan fingerprint density at radius 3 is 2.57 bits per heavy atom. The van der Waals surface area contributed by atoms with Crippen molar-refractivity contribution in [2.24, 2.45) is 33.7 Å². The summed E-state index contributed by atoms with van der Waals surface area (Å²) in [5, 5.41) is 42.0. The van der Waals surface area contributed by atoms with Crippen molar-refractivity contribution in [3.8, 4) is 0 Å². The fraction of sp³-hybridized carbons (Fsp3) is 0.852. The van der Waals surface area contributed by atoms with E-state index < -0.39 is 22.7 Å². The van der Waals surface area contributed by atoms with Crippen molar-refractivity contribution in [1.29, 1.82) is 0 Å². The highest BCUT2D eigenvalue weighted by Gasteiger charge is 2.71. The molecule has 0 aromatic rings. The van der Waals surface area contributed by atoms with Gasteiger partial charge in [-0.2, -0.15) is 5.10 Å². The van der Waals surface area contributed by atoms with Crippen molar-refractivity contribution >= 4 is 12.2 Å². The average molecular weight is 489 g/mol. The van der Waals surface area contributed by atoms with Crippen LogP contribution in [-0.2, 0) is 14.3 Å². The molecule has 6 aliphatic rings. The predicted molar refractivity (Wildman–Crippen MR) is 128 cm³/mol. The van der Waals surface area contributed by atoms with Crippen LogP contribution in [0.2, 0.25) is 0 Å². The van der Waals surface area contributed by atoms with Crippen LogP contribution in [0, 0.1) is 28.6 Å². The van der Waals surface area contributed by atoms with Crippen molar-refractivity contribution in [2.75, 3.05) is 32.9 Å². The van der Waals surface area contributed by atoms with Gasteiger partial charge < -0.3 is 24.8 Å². The molecule has 5 fully saturated rings. The number of carbonyl (C=O) groups excluding carboxylic acids is 1. The highest BCUT2D eigenvalue weighted by atomic mass is 16.5. The number of nitrogens with zero attached hydrogens (tertiary/aromatic N) is 2. The van der Waals surface area contributed by atoms with E-state index in [-0.39, 0.29) is 29.1 Å². The van der Waals surface area contributed by atoms with E-state index in [9.17, 15) is 20.1 Å². The van der Waals surface area contributed by atoms with E-state index in [4.69, 9.17) is 14.6 Å². The van der Waals surface area contributed by atoms with Gasteiger partial charge >= 0.3 is 5.97 Å². The van der Waals surface area contributed by atoms with Gasteiger partial charge in [0.2, 0.25) is 0 Å². The molecule has 35 heavy (non-hydrogen) atoms. The third-order valence-corrected chi connectivity index (χ3v) is 11.1. The van der Waals surface area contributed by atoms with Gasteiger partial charge in [-0.3, -0.25) is 5.01 Å². The minimum atomic E-state index is -1.02. The summed E-state index contributed by atoms with van der Waals surface area (Å²) in [5.41, 5.74) is -1.72. The lowest BCUT2D eigenvalue weighted by molar-refractivity contribution is -0.237. The molecule has 2 heterocycles. The van der Waals surface area contributed by atoms with Crippen molar-refractivity contribution in [3.05, 3.63) is 11.6 Å². The highest BCUT2D eigenvalue weighted by molar-refractivity contribution is 5.85. The molecular formula is C27H40N2O6. The number of hydrazone groups is 1. The third-order valence-electron chi connectivity index (χ3n) is 11.1. The molecule has 3 N–H and O–H groups in total. The molecule has 2 aliphatic heterocycles. The Labute approximate surface area is 207 Å². The van der Waals surface area contributed by atoms with Crippen molar-refractivity contribution < 1.29 is 29.6 Å². The second-order valence-corrected chi connectivity index (χ2v) is 12.3. The molecule has 0 radical (unpaired) electrons. The molecule has 0 aromatic heterocycles. The molecule has 4 aliphatic carbocycles. The maximum Gasteiger partial charge on any atom is 0.331 e. The number of hydrogen-bond donors (Lipinski definition) is 3. The second kappa shape index (κ2) is 8.27. The molecule has 8 atom stereocenters. The first-order chi connectivity index (χ1) is 16.7. The van der Waals surface area contributed by atoms with E-state index in [0.29, 0.717) is 51.9 Å². The fourth-order valence-electron chi connectivity index (χ4n) is 9.21. The van der Waals surface area contributed by atoms with E-state index in [2.05, 4.69) is 6.92 Å². The Balaban J connectivity index is 1.36. The van der Waals surface area contributed by atoms with E-state index in [1.54, 1.807) is 6.08 Å². The Morgan fingerprint density at radius 2 is 1.83 bits per heavy atom. The Hall–Kier alpha value is -1.48. The topological polar surface area (TPSA) is 112 Å². The van der Waals surface area contributed by atoms with E-state index in [0.717, 1.165) is 44.3 Å². The zero-order valence-corrected chi connectivity index (χ0v) is 20.8. The molecule has 0 bridgehead atoms. The lowest BCUT2D eigenvalue weighted by Gasteiger charge is -2.65. The van der Waals surface area contributed by atoms with Gasteiger partial charge in [0.15, 0.2) is 0 Å². The Morgan fingerprint density at radius 1 is 1.06 bits per heavy atom. The third kappa shape index (κ3) is 3.39. The maximum atomic E-state index is 12.5. The number of aliphatic hydroxyl groups excluding tert-OH is 1. The standard InChI is InChI=1S/C27H40N2O6/c1-24-6-3-21-22(27(24,33)9-5-20(24)18-14-23(31)35-16-18)4-8-26(32)15-19(30)2-7-25(21,26)17-28-29-10-12-34-13-11-29/h14,17,19-22,30,32-33H,2-13,15-16H2,1H3/b28-17+/t19?,20?,21-,22?,24+,25-,26?,27?/m0/s1. The van der Waals surface area contributed by atoms with Gasteiger partial charge in [0, 0.05) is 29.5 Å². The van der Waals surface area contributed by atoms with Gasteiger partial charge in [0.1, 0.15) is 6.61 Å². The van der Waals surface area contributed by atoms with Crippen LogP contribution in [0.15, 0.2) is 16.8 Å². The smallest absolute Gasteiger partial charge is 0.331 e. The molecule has 8 heteroatoms. The molecule has 5 unspecified atom stereocenters. The molecule has 1 saturated heterocycles. The van der Waals surface area contributed by atoms with Crippen LogP contribution in [0.5, 0.6) is 0 Å². The molecule has 0 amide bonds. The van der Waals surface area contributed by atoms with Gasteiger partial charge in [-0.1, -0.05) is 6.92 Å².